The zero-order valence-electron chi connectivity index (χ0n) is 18.5. The number of hydrogen-bond acceptors (Lipinski definition) is 9. The van der Waals surface area contributed by atoms with Crippen LogP contribution in [0.3, 0.4) is 0 Å². The molecule has 1 heterocycles. The van der Waals surface area contributed by atoms with Crippen molar-refractivity contribution >= 4 is 26.8 Å². The van der Waals surface area contributed by atoms with Crippen LogP contribution in [-0.4, -0.2) is 50.5 Å². The Bertz CT molecular complexity index is 1670. The van der Waals surface area contributed by atoms with Crippen molar-refractivity contribution in [2.45, 2.75) is 0 Å². The molecule has 4 aromatic carbocycles. The van der Waals surface area contributed by atoms with E-state index in [0.29, 0.717) is 22.2 Å². The minimum atomic E-state index is -1.28. The molecule has 5 aromatic rings. The van der Waals surface area contributed by atoms with Gasteiger partial charge in [0.2, 0.25) is 17.2 Å². The predicted octanol–water partition coefficient (Wildman–Crippen LogP) is 5.08. The Balaban J connectivity index is 1.89. The summed E-state index contributed by atoms with van der Waals surface area (Å²) in [5.41, 5.74) is -0.688. The molecule has 9 N–H and O–H groups in total. The SMILES string of the molecule is Oc1c(O)c(O)c(-c2c(O)c(O)c(-n3c(-c4ccccc4)cc4cc(Br)ccc43)c(O)c2O)c(O)c1O. The molecule has 0 bridgehead atoms. The third kappa shape index (κ3) is 3.39. The monoisotopic (exact) mass is 567 g/mol. The topological polar surface area (TPSA) is 187 Å². The Morgan fingerprint density at radius 2 is 1.00 bits per heavy atom. The second kappa shape index (κ2) is 8.35. The van der Waals surface area contributed by atoms with Gasteiger partial charge in [-0.15, -0.1) is 0 Å². The van der Waals surface area contributed by atoms with Crippen LogP contribution in [0.1, 0.15) is 0 Å². The highest BCUT2D eigenvalue weighted by atomic mass is 79.9. The molecule has 188 valence electrons. The Morgan fingerprint density at radius 1 is 0.514 bits per heavy atom. The van der Waals surface area contributed by atoms with Crippen LogP contribution >= 0.6 is 15.9 Å². The summed E-state index contributed by atoms with van der Waals surface area (Å²) >= 11 is 3.40. The molecule has 10 nitrogen and oxygen atoms in total. The maximum Gasteiger partial charge on any atom is 0.208 e. The van der Waals surface area contributed by atoms with Gasteiger partial charge in [-0.2, -0.15) is 0 Å². The molecule has 0 aliphatic heterocycles. The van der Waals surface area contributed by atoms with Crippen LogP contribution in [0.4, 0.5) is 0 Å². The van der Waals surface area contributed by atoms with E-state index >= 15 is 0 Å². The molecule has 0 radical (unpaired) electrons. The van der Waals surface area contributed by atoms with E-state index in [9.17, 15) is 46.0 Å². The number of aromatic hydroxyl groups is 9. The van der Waals surface area contributed by atoms with Crippen LogP contribution in [0.15, 0.2) is 59.1 Å². The lowest BCUT2D eigenvalue weighted by atomic mass is 9.97. The van der Waals surface area contributed by atoms with Crippen molar-refractivity contribution in [2.24, 2.45) is 0 Å². The smallest absolute Gasteiger partial charge is 0.208 e. The van der Waals surface area contributed by atoms with Crippen molar-refractivity contribution in [1.82, 2.24) is 4.57 Å². The van der Waals surface area contributed by atoms with E-state index in [-0.39, 0.29) is 0 Å². The number of nitrogens with zero attached hydrogens (tertiary/aromatic N) is 1. The summed E-state index contributed by atoms with van der Waals surface area (Å²) in [7, 11) is 0. The molecular weight excluding hydrogens is 550 g/mol. The van der Waals surface area contributed by atoms with Crippen LogP contribution in [0.5, 0.6) is 51.7 Å². The second-order valence-corrected chi connectivity index (χ2v) is 9.09. The minimum absolute atomic E-state index is 0.430. The quantitative estimate of drug-likeness (QED) is 0.106. The van der Waals surface area contributed by atoms with Crippen molar-refractivity contribution in [1.29, 1.82) is 0 Å². The Kier molecular flexibility index (Phi) is 5.37. The van der Waals surface area contributed by atoms with Crippen molar-refractivity contribution in [2.75, 3.05) is 0 Å². The highest BCUT2D eigenvalue weighted by molar-refractivity contribution is 9.10. The molecule has 11 heteroatoms. The number of phenolic OH excluding ortho intramolecular Hbond substituents is 9. The fraction of sp³-hybridized carbons (Fsp3) is 0. The molecule has 0 atom stereocenters. The maximum absolute atomic E-state index is 11.1. The Morgan fingerprint density at radius 3 is 1.54 bits per heavy atom. The number of fused-ring (bicyclic) bond motifs is 1. The molecule has 0 amide bonds. The van der Waals surface area contributed by atoms with E-state index < -0.39 is 68.6 Å². The van der Waals surface area contributed by atoms with Gasteiger partial charge in [0.25, 0.3) is 0 Å². The van der Waals surface area contributed by atoms with E-state index in [1.54, 1.807) is 54.6 Å². The van der Waals surface area contributed by atoms with E-state index in [1.807, 2.05) is 0 Å². The average Bonchev–Trinajstić information content (AvgIpc) is 3.26. The number of halogens is 1. The molecule has 0 fully saturated rings. The number of hydrogen-bond donors (Lipinski definition) is 9. The summed E-state index contributed by atoms with van der Waals surface area (Å²) in [4.78, 5) is 0. The highest BCUT2D eigenvalue weighted by Gasteiger charge is 2.33. The molecule has 0 spiro atoms. The van der Waals surface area contributed by atoms with Gasteiger partial charge < -0.3 is 50.5 Å². The molecule has 1 aromatic heterocycles. The number of aromatic nitrogens is 1. The first-order valence-electron chi connectivity index (χ1n) is 10.6. The largest absolute Gasteiger partial charge is 0.504 e. The summed E-state index contributed by atoms with van der Waals surface area (Å²) in [5, 5.41) is 94.8. The van der Waals surface area contributed by atoms with Gasteiger partial charge in [-0.05, 0) is 29.8 Å². The van der Waals surface area contributed by atoms with Crippen LogP contribution in [0, 0.1) is 0 Å². The summed E-state index contributed by atoms with van der Waals surface area (Å²) in [6, 6.07) is 15.9. The fourth-order valence-corrected chi connectivity index (χ4v) is 4.68. The number of benzene rings is 4. The zero-order valence-corrected chi connectivity index (χ0v) is 20.1. The number of rotatable bonds is 3. The van der Waals surface area contributed by atoms with Gasteiger partial charge in [0.15, 0.2) is 34.5 Å². The Hall–Kier alpha value is -4.90. The Labute approximate surface area is 216 Å². The zero-order chi connectivity index (χ0) is 26.8. The molecule has 37 heavy (non-hydrogen) atoms. The van der Waals surface area contributed by atoms with Gasteiger partial charge in [-0.3, -0.25) is 0 Å². The van der Waals surface area contributed by atoms with Crippen LogP contribution in [0.2, 0.25) is 0 Å². The van der Waals surface area contributed by atoms with Gasteiger partial charge in [-0.1, -0.05) is 46.3 Å². The maximum atomic E-state index is 11.1. The lowest BCUT2D eigenvalue weighted by Crippen LogP contribution is -2.00. The average molecular weight is 568 g/mol. The van der Waals surface area contributed by atoms with E-state index in [4.69, 9.17) is 0 Å². The van der Waals surface area contributed by atoms with Crippen LogP contribution in [-0.2, 0) is 0 Å². The lowest BCUT2D eigenvalue weighted by Gasteiger charge is -2.20. The lowest BCUT2D eigenvalue weighted by molar-refractivity contribution is 0.329. The molecule has 0 saturated heterocycles. The molecule has 0 aliphatic rings. The second-order valence-electron chi connectivity index (χ2n) is 8.17. The minimum Gasteiger partial charge on any atom is -0.504 e. The van der Waals surface area contributed by atoms with Crippen LogP contribution in [0.25, 0.3) is 39.0 Å². The van der Waals surface area contributed by atoms with Gasteiger partial charge in [0.05, 0.1) is 22.3 Å². The highest BCUT2D eigenvalue weighted by Crippen LogP contribution is 2.62. The summed E-state index contributed by atoms with van der Waals surface area (Å²) < 4.78 is 2.15. The molecule has 5 rings (SSSR count). The number of phenols is 9. The van der Waals surface area contributed by atoms with E-state index in [0.717, 1.165) is 4.47 Å². The van der Waals surface area contributed by atoms with Crippen molar-refractivity contribution in [3.63, 3.8) is 0 Å². The first-order valence-corrected chi connectivity index (χ1v) is 11.4. The van der Waals surface area contributed by atoms with Gasteiger partial charge in [0.1, 0.15) is 5.69 Å². The molecular formula is C26H18BrNO9. The van der Waals surface area contributed by atoms with Crippen LogP contribution < -0.4 is 0 Å². The first kappa shape index (κ1) is 23.8. The van der Waals surface area contributed by atoms with Crippen molar-refractivity contribution in [3.05, 3.63) is 59.1 Å². The summed E-state index contributed by atoms with van der Waals surface area (Å²) in [5.74, 6) is -10.5. The van der Waals surface area contributed by atoms with Crippen molar-refractivity contribution < 1.29 is 46.0 Å². The first-order chi connectivity index (χ1) is 17.5. The van der Waals surface area contributed by atoms with Crippen molar-refractivity contribution in [3.8, 4) is 79.8 Å². The summed E-state index contributed by atoms with van der Waals surface area (Å²) in [6.07, 6.45) is 0. The fourth-order valence-electron chi connectivity index (χ4n) is 4.30. The van der Waals surface area contributed by atoms with Gasteiger partial charge >= 0.3 is 0 Å². The third-order valence-corrected chi connectivity index (χ3v) is 6.54. The van der Waals surface area contributed by atoms with E-state index in [2.05, 4.69) is 15.9 Å². The van der Waals surface area contributed by atoms with E-state index in [1.165, 1.54) is 4.57 Å². The van der Waals surface area contributed by atoms with Gasteiger partial charge in [0, 0.05) is 9.86 Å². The predicted molar refractivity (Wildman–Crippen MR) is 137 cm³/mol. The summed E-state index contributed by atoms with van der Waals surface area (Å²) in [6.45, 7) is 0. The molecule has 0 aliphatic carbocycles. The normalized spacial score (nSPS) is 11.3. The standard InChI is InChI=1S/C26H18BrNO9/c27-12-6-7-13-11(8-12)9-14(10-4-2-1-3-5-10)28(13)17-22(33)18(29)15(19(30)23(17)34)16-20(31)24(35)26(37)25(36)21(16)32/h1-9,29-37H. The molecule has 0 saturated carbocycles. The molecule has 0 unspecified atom stereocenters. The van der Waals surface area contributed by atoms with Gasteiger partial charge in [-0.25, -0.2) is 0 Å². The third-order valence-electron chi connectivity index (χ3n) is 6.05.